The molecule has 2 aliphatic heterocycles. The van der Waals surface area contributed by atoms with Crippen LogP contribution in [0.4, 0.5) is 0 Å². The zero-order valence-electron chi connectivity index (χ0n) is 21.9. The van der Waals surface area contributed by atoms with Crippen molar-refractivity contribution in [1.29, 1.82) is 0 Å². The summed E-state index contributed by atoms with van der Waals surface area (Å²) >= 11 is 0. The maximum atomic E-state index is 13.5. The summed E-state index contributed by atoms with van der Waals surface area (Å²) in [4.78, 5) is 27.8. The maximum absolute atomic E-state index is 13.5. The summed E-state index contributed by atoms with van der Waals surface area (Å²) < 4.78 is 17.6. The van der Waals surface area contributed by atoms with E-state index in [0.29, 0.717) is 24.1 Å². The number of rotatable bonds is 5. The van der Waals surface area contributed by atoms with Crippen molar-refractivity contribution in [2.45, 2.75) is 69.0 Å². The highest BCUT2D eigenvalue weighted by atomic mass is 16.6. The van der Waals surface area contributed by atoms with E-state index in [1.54, 1.807) is 48.5 Å². The van der Waals surface area contributed by atoms with Crippen molar-refractivity contribution in [2.24, 2.45) is 0 Å². The standard InChI is InChI=1S/C29H33NO8/c1-16-10-11-20(32)24-22(16)28-14-15-30(4)18(3)29(28,35)13-12-21(25(28)37-24)36-27(34)23(38-26(33)17(2)31)19-8-6-5-7-9-19/h5-12,17-18,23,25,31-32,35H,13-15H2,1-4H3/t17-,18+,23-,25?,28?,29+/m0/s1. The van der Waals surface area contributed by atoms with Gasteiger partial charge in [-0.15, -0.1) is 0 Å². The number of esters is 2. The SMILES string of the molecule is Cc1ccc(O)c2c1C13CCN(C)[C@H](C)[C@]1(O)CC=C(OC(=O)[C@@H](OC(=O)[C@H](C)O)c1ccccc1)C3O2. The monoisotopic (exact) mass is 523 g/mol. The van der Waals surface area contributed by atoms with Gasteiger partial charge in [-0.1, -0.05) is 36.4 Å². The quantitative estimate of drug-likeness (QED) is 0.507. The zero-order chi connectivity index (χ0) is 27.4. The Morgan fingerprint density at radius 1 is 1.16 bits per heavy atom. The van der Waals surface area contributed by atoms with Crippen LogP contribution in [0.25, 0.3) is 0 Å². The molecule has 1 saturated heterocycles. The molecule has 3 N–H and O–H groups in total. The van der Waals surface area contributed by atoms with Crippen molar-refractivity contribution in [1.82, 2.24) is 4.90 Å². The third-order valence-electron chi connectivity index (χ3n) is 8.44. The zero-order valence-corrected chi connectivity index (χ0v) is 21.9. The van der Waals surface area contributed by atoms with Crippen LogP contribution >= 0.6 is 0 Å². The molecule has 2 aromatic rings. The number of hydrogen-bond acceptors (Lipinski definition) is 9. The molecule has 1 fully saturated rings. The third-order valence-corrected chi connectivity index (χ3v) is 8.44. The Balaban J connectivity index is 1.56. The molecule has 2 unspecified atom stereocenters. The van der Waals surface area contributed by atoms with Crippen LogP contribution in [-0.4, -0.2) is 69.6 Å². The lowest BCUT2D eigenvalue weighted by atomic mass is 9.54. The highest BCUT2D eigenvalue weighted by Crippen LogP contribution is 2.62. The molecule has 6 atom stereocenters. The van der Waals surface area contributed by atoms with Crippen LogP contribution in [0.3, 0.4) is 0 Å². The number of carbonyl (C=O) groups excluding carboxylic acids is 2. The molecule has 0 amide bonds. The minimum Gasteiger partial charge on any atom is -0.504 e. The van der Waals surface area contributed by atoms with Crippen LogP contribution in [0, 0.1) is 6.92 Å². The van der Waals surface area contributed by atoms with Gasteiger partial charge in [-0.3, -0.25) is 0 Å². The van der Waals surface area contributed by atoms with Crippen LogP contribution < -0.4 is 4.74 Å². The van der Waals surface area contributed by atoms with Crippen LogP contribution in [0.1, 0.15) is 49.5 Å². The molecule has 2 heterocycles. The number of likely N-dealkylation sites (N-methyl/N-ethyl adjacent to an activating group) is 1. The number of phenolic OH excluding ortho intramolecular Hbond substituents is 1. The van der Waals surface area contributed by atoms with E-state index < -0.39 is 41.3 Å². The first-order valence-corrected chi connectivity index (χ1v) is 12.8. The predicted molar refractivity (Wildman–Crippen MR) is 136 cm³/mol. The molecule has 2 aromatic carbocycles. The molecular formula is C29H33NO8. The van der Waals surface area contributed by atoms with Gasteiger partial charge < -0.3 is 34.4 Å². The molecule has 9 heteroatoms. The molecule has 9 nitrogen and oxygen atoms in total. The Morgan fingerprint density at radius 2 is 1.87 bits per heavy atom. The number of aliphatic hydroxyl groups excluding tert-OH is 1. The maximum Gasteiger partial charge on any atom is 0.357 e. The van der Waals surface area contributed by atoms with Gasteiger partial charge in [0, 0.05) is 23.6 Å². The molecule has 1 spiro atoms. The normalized spacial score (nSPS) is 29.6. The number of nitrogens with zero attached hydrogens (tertiary/aromatic N) is 1. The van der Waals surface area contributed by atoms with E-state index in [0.717, 1.165) is 5.56 Å². The van der Waals surface area contributed by atoms with E-state index in [-0.39, 0.29) is 29.7 Å². The van der Waals surface area contributed by atoms with E-state index in [9.17, 15) is 24.9 Å². The van der Waals surface area contributed by atoms with Gasteiger partial charge >= 0.3 is 11.9 Å². The van der Waals surface area contributed by atoms with Gasteiger partial charge in [0.25, 0.3) is 0 Å². The summed E-state index contributed by atoms with van der Waals surface area (Å²) in [6, 6.07) is 11.5. The average molecular weight is 524 g/mol. The van der Waals surface area contributed by atoms with Crippen molar-refractivity contribution in [3.05, 3.63) is 71.0 Å². The second-order valence-corrected chi connectivity index (χ2v) is 10.5. The van der Waals surface area contributed by atoms with Crippen LogP contribution in [0.15, 0.2) is 54.3 Å². The number of fused-ring (bicyclic) bond motifs is 1. The number of piperidine rings is 1. The number of phenols is 1. The Bertz CT molecular complexity index is 1290. The molecule has 0 saturated carbocycles. The average Bonchev–Trinajstić information content (AvgIpc) is 3.27. The number of aromatic hydroxyl groups is 1. The lowest BCUT2D eigenvalue weighted by Crippen LogP contribution is -2.71. The Kier molecular flexibility index (Phi) is 6.49. The summed E-state index contributed by atoms with van der Waals surface area (Å²) in [6.45, 7) is 5.77. The number of ether oxygens (including phenoxy) is 3. The molecular weight excluding hydrogens is 490 g/mol. The van der Waals surface area contributed by atoms with Crippen LogP contribution in [0.5, 0.6) is 11.5 Å². The van der Waals surface area contributed by atoms with Gasteiger partial charge in [-0.25, -0.2) is 9.59 Å². The first kappa shape index (κ1) is 26.2. The van der Waals surface area contributed by atoms with Crippen molar-refractivity contribution in [3.63, 3.8) is 0 Å². The van der Waals surface area contributed by atoms with Crippen molar-refractivity contribution >= 4 is 11.9 Å². The summed E-state index contributed by atoms with van der Waals surface area (Å²) in [7, 11) is 1.96. The topological polar surface area (TPSA) is 126 Å². The van der Waals surface area contributed by atoms with Gasteiger partial charge in [0.2, 0.25) is 6.10 Å². The molecule has 0 bridgehead atoms. The Labute approximate surface area is 221 Å². The van der Waals surface area contributed by atoms with E-state index in [2.05, 4.69) is 4.90 Å². The molecule has 0 radical (unpaired) electrons. The number of benzene rings is 2. The summed E-state index contributed by atoms with van der Waals surface area (Å²) in [5.41, 5.74) is -0.309. The largest absolute Gasteiger partial charge is 0.504 e. The molecule has 0 aromatic heterocycles. The minimum atomic E-state index is -1.43. The van der Waals surface area contributed by atoms with E-state index in [1.807, 2.05) is 20.9 Å². The molecule has 1 aliphatic carbocycles. The number of likely N-dealkylation sites (tertiary alicyclic amines) is 1. The fourth-order valence-electron chi connectivity index (χ4n) is 6.27. The Hall–Kier alpha value is -3.40. The van der Waals surface area contributed by atoms with E-state index in [4.69, 9.17) is 14.2 Å². The van der Waals surface area contributed by atoms with E-state index >= 15 is 0 Å². The summed E-state index contributed by atoms with van der Waals surface area (Å²) in [5.74, 6) is -1.43. The van der Waals surface area contributed by atoms with Gasteiger partial charge in [0.1, 0.15) is 11.9 Å². The van der Waals surface area contributed by atoms with Gasteiger partial charge in [-0.05, 0) is 58.5 Å². The highest BCUT2D eigenvalue weighted by molar-refractivity contribution is 5.83. The highest BCUT2D eigenvalue weighted by Gasteiger charge is 2.69. The predicted octanol–water partition coefficient (Wildman–Crippen LogP) is 2.65. The number of aliphatic hydroxyl groups is 2. The van der Waals surface area contributed by atoms with Gasteiger partial charge in [0.15, 0.2) is 17.6 Å². The second kappa shape index (κ2) is 9.41. The number of hydrogen-bond donors (Lipinski definition) is 3. The first-order valence-electron chi connectivity index (χ1n) is 12.8. The van der Waals surface area contributed by atoms with E-state index in [1.165, 1.54) is 6.92 Å². The van der Waals surface area contributed by atoms with Crippen molar-refractivity contribution in [2.75, 3.05) is 13.6 Å². The summed E-state index contributed by atoms with van der Waals surface area (Å²) in [5, 5.41) is 32.7. The Morgan fingerprint density at radius 3 is 2.55 bits per heavy atom. The fourth-order valence-corrected chi connectivity index (χ4v) is 6.27. The lowest BCUT2D eigenvalue weighted by Gasteiger charge is -2.58. The molecule has 3 aliphatic rings. The fraction of sp³-hybridized carbons (Fsp3) is 0.448. The van der Waals surface area contributed by atoms with Crippen molar-refractivity contribution in [3.8, 4) is 11.5 Å². The minimum absolute atomic E-state index is 0.0537. The smallest absolute Gasteiger partial charge is 0.357 e. The molecule has 5 rings (SSSR count). The lowest BCUT2D eigenvalue weighted by molar-refractivity contribution is -0.176. The second-order valence-electron chi connectivity index (χ2n) is 10.5. The van der Waals surface area contributed by atoms with Crippen molar-refractivity contribution < 1.29 is 39.1 Å². The van der Waals surface area contributed by atoms with Gasteiger partial charge in [-0.2, -0.15) is 0 Å². The van der Waals surface area contributed by atoms with Gasteiger partial charge in [0.05, 0.1) is 11.0 Å². The first-order chi connectivity index (χ1) is 18.0. The molecule has 202 valence electrons. The number of aryl methyl sites for hydroxylation is 1. The van der Waals surface area contributed by atoms with Crippen LogP contribution in [-0.2, 0) is 24.5 Å². The van der Waals surface area contributed by atoms with Crippen LogP contribution in [0.2, 0.25) is 0 Å². The summed E-state index contributed by atoms with van der Waals surface area (Å²) in [6.07, 6.45) is -1.42. The number of carbonyl (C=O) groups is 2. The molecule has 38 heavy (non-hydrogen) atoms. The third kappa shape index (κ3) is 3.80.